The van der Waals surface area contributed by atoms with E-state index in [2.05, 4.69) is 22.1 Å². The van der Waals surface area contributed by atoms with Crippen LogP contribution in [0.4, 0.5) is 4.39 Å². The summed E-state index contributed by atoms with van der Waals surface area (Å²) in [5.74, 6) is -0.478. The minimum Gasteiger partial charge on any atom is -0.501 e. The molecular formula is C45H35FIrN2O-2. The van der Waals surface area contributed by atoms with Crippen molar-refractivity contribution in [2.75, 3.05) is 0 Å². The number of rotatable bonds is 4. The zero-order chi connectivity index (χ0) is 46.6. The van der Waals surface area contributed by atoms with Gasteiger partial charge in [-0.05, 0) is 96.2 Å². The maximum atomic E-state index is 12.9. The first-order valence-electron chi connectivity index (χ1n) is 22.6. The SMILES string of the molecule is [2H]C([2H])([2H])c1ccccc1-c1ccc(-c2cc(-c3[c-]ccc4c3oc3ccccc34)ncc2C([2H])([2H])[2H])c(C([2H])([2H])[2H])c1.[2H]C([2H])([2H])c1cnc(-c2[c-]cc(F)cc2)cc1C([2H])([2H])[2H].[Ir]. The Bertz CT molecular complexity index is 3010. The van der Waals surface area contributed by atoms with Crippen LogP contribution in [0.1, 0.15) is 48.4 Å². The van der Waals surface area contributed by atoms with Gasteiger partial charge in [0.2, 0.25) is 0 Å². The second-order valence-corrected chi connectivity index (χ2v) is 11.2. The average molecular weight is 846 g/mol. The molecule has 0 unspecified atom stereocenters. The summed E-state index contributed by atoms with van der Waals surface area (Å²) in [4.78, 5) is 8.42. The molecule has 0 N–H and O–H groups in total. The van der Waals surface area contributed by atoms with Crippen molar-refractivity contribution < 1.29 is 49.5 Å². The molecule has 0 aliphatic rings. The zero-order valence-electron chi connectivity index (χ0n) is 41.1. The minimum atomic E-state index is -2.65. The predicted octanol–water partition coefficient (Wildman–Crippen LogP) is 12.0. The molecule has 3 nitrogen and oxygen atoms in total. The third-order valence-electron chi connectivity index (χ3n) is 8.00. The molecule has 5 aromatic carbocycles. The monoisotopic (exact) mass is 846 g/mol. The summed E-state index contributed by atoms with van der Waals surface area (Å²) in [5.41, 5.74) is 3.07. The molecule has 0 bridgehead atoms. The molecule has 50 heavy (non-hydrogen) atoms. The number of nitrogens with zero attached hydrogens (tertiary/aromatic N) is 2. The van der Waals surface area contributed by atoms with Gasteiger partial charge < -0.3 is 14.4 Å². The van der Waals surface area contributed by atoms with Crippen LogP contribution in [0, 0.1) is 52.2 Å². The van der Waals surface area contributed by atoms with Gasteiger partial charge in [0, 0.05) is 64.3 Å². The topological polar surface area (TPSA) is 38.9 Å². The first kappa shape index (κ1) is 20.5. The maximum absolute atomic E-state index is 12.9. The van der Waals surface area contributed by atoms with Crippen LogP contribution >= 0.6 is 0 Å². The Morgan fingerprint density at radius 3 is 2.22 bits per heavy atom. The number of hydrogen-bond acceptors (Lipinski definition) is 3. The summed E-state index contributed by atoms with van der Waals surface area (Å²) >= 11 is 0. The number of benzene rings is 5. The molecule has 0 aliphatic carbocycles. The van der Waals surface area contributed by atoms with Gasteiger partial charge in [-0.1, -0.05) is 89.3 Å². The van der Waals surface area contributed by atoms with E-state index in [1.807, 2.05) is 30.3 Å². The molecule has 0 saturated carbocycles. The predicted molar refractivity (Wildman–Crippen MR) is 199 cm³/mol. The van der Waals surface area contributed by atoms with Crippen LogP contribution in [-0.2, 0) is 20.1 Å². The Labute approximate surface area is 327 Å². The van der Waals surface area contributed by atoms with E-state index < -0.39 is 40.1 Å². The second-order valence-electron chi connectivity index (χ2n) is 11.2. The third-order valence-corrected chi connectivity index (χ3v) is 8.00. The van der Waals surface area contributed by atoms with Crippen LogP contribution < -0.4 is 0 Å². The number of fused-ring (bicyclic) bond motifs is 3. The van der Waals surface area contributed by atoms with E-state index in [0.29, 0.717) is 39.1 Å². The van der Waals surface area contributed by atoms with Gasteiger partial charge in [0.1, 0.15) is 5.58 Å². The fourth-order valence-corrected chi connectivity index (χ4v) is 5.54. The van der Waals surface area contributed by atoms with Gasteiger partial charge in [-0.15, -0.1) is 48.0 Å². The summed E-state index contributed by atoms with van der Waals surface area (Å²) < 4.78 is 137. The quantitative estimate of drug-likeness (QED) is 0.166. The van der Waals surface area contributed by atoms with E-state index in [1.165, 1.54) is 42.6 Å². The molecule has 3 heterocycles. The minimum absolute atomic E-state index is 0. The molecule has 0 aliphatic heterocycles. The van der Waals surface area contributed by atoms with Crippen molar-refractivity contribution in [3.63, 3.8) is 0 Å². The van der Waals surface area contributed by atoms with Crippen LogP contribution in [0.5, 0.6) is 0 Å². The van der Waals surface area contributed by atoms with E-state index in [9.17, 15) is 4.39 Å². The van der Waals surface area contributed by atoms with E-state index in [1.54, 1.807) is 36.4 Å². The van der Waals surface area contributed by atoms with Crippen molar-refractivity contribution in [3.05, 3.63) is 167 Å². The molecule has 0 fully saturated rings. The molecule has 8 aromatic rings. The zero-order valence-corrected chi connectivity index (χ0v) is 28.5. The Morgan fingerprint density at radius 2 is 1.40 bits per heavy atom. The van der Waals surface area contributed by atoms with Crippen LogP contribution in [0.25, 0.3) is 66.7 Å². The summed E-state index contributed by atoms with van der Waals surface area (Å²) in [5, 5.41) is 1.75. The molecule has 0 spiro atoms. The van der Waals surface area contributed by atoms with Crippen LogP contribution in [-0.4, -0.2) is 9.97 Å². The number of halogens is 1. The fraction of sp³-hybridized carbons (Fsp3) is 0.111. The number of aromatic nitrogens is 2. The van der Waals surface area contributed by atoms with Crippen molar-refractivity contribution in [1.29, 1.82) is 0 Å². The van der Waals surface area contributed by atoms with Crippen molar-refractivity contribution in [2.24, 2.45) is 0 Å². The van der Waals surface area contributed by atoms with Gasteiger partial charge in [-0.25, -0.2) is 0 Å². The Hall–Kier alpha value is -5.22. The Kier molecular flexibility index (Phi) is 6.02. The fourth-order valence-electron chi connectivity index (χ4n) is 5.54. The van der Waals surface area contributed by atoms with E-state index in [0.717, 1.165) is 23.0 Å². The molecular weight excluding hydrogens is 796 g/mol. The molecule has 0 atom stereocenters. The first-order chi connectivity index (χ1) is 29.8. The van der Waals surface area contributed by atoms with Gasteiger partial charge in [0.05, 0.1) is 5.58 Å². The number of aryl methyl sites for hydroxylation is 5. The van der Waals surface area contributed by atoms with Gasteiger partial charge in [0.15, 0.2) is 0 Å². The van der Waals surface area contributed by atoms with Crippen molar-refractivity contribution in [2.45, 2.75) is 34.3 Å². The maximum Gasteiger partial charge on any atom is 0.120 e. The van der Waals surface area contributed by atoms with Gasteiger partial charge in [-0.3, -0.25) is 4.39 Å². The molecule has 8 rings (SSSR count). The molecule has 0 saturated heterocycles. The number of para-hydroxylation sites is 1. The van der Waals surface area contributed by atoms with Crippen LogP contribution in [0.3, 0.4) is 0 Å². The smallest absolute Gasteiger partial charge is 0.120 e. The molecule has 5 heteroatoms. The van der Waals surface area contributed by atoms with Gasteiger partial charge in [0.25, 0.3) is 0 Å². The third kappa shape index (κ3) is 6.93. The van der Waals surface area contributed by atoms with Crippen molar-refractivity contribution >= 4 is 21.9 Å². The average Bonchev–Trinajstić information content (AvgIpc) is 3.61. The molecule has 1 radical (unpaired) electrons. The van der Waals surface area contributed by atoms with Crippen LogP contribution in [0.2, 0.25) is 0 Å². The molecule has 3 aromatic heterocycles. The standard InChI is InChI=1S/C32H24NO.C13H11FN.Ir/c1-20-9-4-5-10-24(20)23-15-16-25(21(2)17-23)29-18-30(33-19-22(29)3)28-13-8-12-27-26-11-6-7-14-31(26)34-32(27)28;1-9-7-13(15-8-10(9)2)11-3-5-12(14)6-4-11;/h4-12,14-19H,1-3H3;3,5-8H,1-2H3;/q2*-1;/i1D3,2D3,3D3;1D3,2D3;. The van der Waals surface area contributed by atoms with Crippen LogP contribution in [0.15, 0.2) is 126 Å². The van der Waals surface area contributed by atoms with E-state index >= 15 is 0 Å². The summed E-state index contributed by atoms with van der Waals surface area (Å²) in [7, 11) is 0. The second kappa shape index (κ2) is 14.7. The molecule has 0 amide bonds. The van der Waals surface area contributed by atoms with Crippen molar-refractivity contribution in [3.8, 4) is 44.8 Å². The van der Waals surface area contributed by atoms with Gasteiger partial charge in [-0.2, -0.15) is 0 Å². The summed E-state index contributed by atoms with van der Waals surface area (Å²) in [6.07, 6.45) is 2.27. The summed E-state index contributed by atoms with van der Waals surface area (Å²) in [6.45, 7) is -12.8. The number of pyridine rings is 2. The largest absolute Gasteiger partial charge is 0.501 e. The van der Waals surface area contributed by atoms with E-state index in [-0.39, 0.29) is 64.7 Å². The van der Waals surface area contributed by atoms with Crippen molar-refractivity contribution in [1.82, 2.24) is 9.97 Å². The number of hydrogen-bond donors (Lipinski definition) is 0. The van der Waals surface area contributed by atoms with E-state index in [4.69, 9.17) is 25.0 Å². The summed E-state index contributed by atoms with van der Waals surface area (Å²) in [6, 6.07) is 34.4. The number of furan rings is 1. The Morgan fingerprint density at radius 1 is 0.620 bits per heavy atom. The first-order valence-corrected chi connectivity index (χ1v) is 15.1. The Balaban J connectivity index is 0.000000268. The normalized spacial score (nSPS) is 16.5. The molecule has 249 valence electrons. The van der Waals surface area contributed by atoms with Gasteiger partial charge >= 0.3 is 0 Å².